The Morgan fingerprint density at radius 1 is 1.19 bits per heavy atom. The minimum Gasteiger partial charge on any atom is -0.495 e. The summed E-state index contributed by atoms with van der Waals surface area (Å²) in [6.45, 7) is 2.16. The van der Waals surface area contributed by atoms with E-state index in [1.54, 1.807) is 7.11 Å². The van der Waals surface area contributed by atoms with E-state index in [0.29, 0.717) is 0 Å². The summed E-state index contributed by atoms with van der Waals surface area (Å²) in [5, 5.41) is 5.98. The number of anilines is 2. The molecule has 0 bridgehead atoms. The second-order valence-corrected chi connectivity index (χ2v) is 5.81. The molecule has 0 unspecified atom stereocenters. The minimum atomic E-state index is -0.0924. The van der Waals surface area contributed by atoms with Crippen LogP contribution in [0.25, 0.3) is 0 Å². The number of aryl methyl sites for hydroxylation is 1. The van der Waals surface area contributed by atoms with E-state index in [1.165, 1.54) is 0 Å². The van der Waals surface area contributed by atoms with Crippen molar-refractivity contribution in [3.63, 3.8) is 0 Å². The van der Waals surface area contributed by atoms with Crippen LogP contribution >= 0.6 is 22.6 Å². The van der Waals surface area contributed by atoms with Crippen molar-refractivity contribution in [2.75, 3.05) is 24.3 Å². The molecule has 2 rings (SSSR count). The van der Waals surface area contributed by atoms with Crippen molar-refractivity contribution in [1.29, 1.82) is 0 Å². The van der Waals surface area contributed by atoms with Crippen LogP contribution in [0, 0.1) is 10.5 Å². The van der Waals surface area contributed by atoms with Gasteiger partial charge < -0.3 is 15.4 Å². The van der Waals surface area contributed by atoms with Gasteiger partial charge in [-0.1, -0.05) is 12.1 Å². The average Bonchev–Trinajstić information content (AvgIpc) is 2.48. The Morgan fingerprint density at radius 3 is 2.67 bits per heavy atom. The van der Waals surface area contributed by atoms with E-state index in [0.717, 1.165) is 26.3 Å². The molecule has 0 aliphatic carbocycles. The highest BCUT2D eigenvalue weighted by atomic mass is 127. The molecule has 0 aliphatic rings. The molecule has 0 aliphatic heterocycles. The van der Waals surface area contributed by atoms with E-state index in [2.05, 4.69) is 33.2 Å². The standard InChI is InChI=1S/C16H17IN2O2/c1-11-9-12(17)7-8-13(11)19-16(20)10-18-14-5-3-4-6-15(14)21-2/h3-9,18H,10H2,1-2H3,(H,19,20). The number of nitrogens with one attached hydrogen (secondary N) is 2. The summed E-state index contributed by atoms with van der Waals surface area (Å²) in [5.74, 6) is 0.626. The van der Waals surface area contributed by atoms with Crippen molar-refractivity contribution in [2.45, 2.75) is 6.92 Å². The lowest BCUT2D eigenvalue weighted by Gasteiger charge is -2.12. The number of benzene rings is 2. The van der Waals surface area contributed by atoms with E-state index < -0.39 is 0 Å². The van der Waals surface area contributed by atoms with Gasteiger partial charge in [-0.3, -0.25) is 4.79 Å². The molecule has 0 spiro atoms. The Kier molecular flexibility index (Phi) is 5.44. The van der Waals surface area contributed by atoms with Crippen LogP contribution in [-0.2, 0) is 4.79 Å². The summed E-state index contributed by atoms with van der Waals surface area (Å²) < 4.78 is 6.38. The molecule has 0 fully saturated rings. The monoisotopic (exact) mass is 396 g/mol. The lowest BCUT2D eigenvalue weighted by Crippen LogP contribution is -2.22. The van der Waals surface area contributed by atoms with Crippen LogP contribution in [0.15, 0.2) is 42.5 Å². The third kappa shape index (κ3) is 4.35. The van der Waals surface area contributed by atoms with E-state index >= 15 is 0 Å². The van der Waals surface area contributed by atoms with Gasteiger partial charge in [-0.05, 0) is 65.4 Å². The first kappa shape index (κ1) is 15.6. The summed E-state index contributed by atoms with van der Waals surface area (Å²) in [7, 11) is 1.61. The first-order valence-electron chi connectivity index (χ1n) is 6.53. The SMILES string of the molecule is COc1ccccc1NCC(=O)Nc1ccc(I)cc1C. The molecular weight excluding hydrogens is 379 g/mol. The van der Waals surface area contributed by atoms with E-state index in [9.17, 15) is 4.79 Å². The number of carbonyl (C=O) groups is 1. The second-order valence-electron chi connectivity index (χ2n) is 4.56. The lowest BCUT2D eigenvalue weighted by atomic mass is 10.2. The van der Waals surface area contributed by atoms with Gasteiger partial charge in [0.15, 0.2) is 0 Å². The number of methoxy groups -OCH3 is 1. The molecule has 0 heterocycles. The number of hydrogen-bond acceptors (Lipinski definition) is 3. The van der Waals surface area contributed by atoms with Crippen LogP contribution in [0.1, 0.15) is 5.56 Å². The molecule has 5 heteroatoms. The molecule has 0 atom stereocenters. The van der Waals surface area contributed by atoms with Gasteiger partial charge in [0.05, 0.1) is 19.3 Å². The van der Waals surface area contributed by atoms with Gasteiger partial charge >= 0.3 is 0 Å². The van der Waals surface area contributed by atoms with Crippen molar-refractivity contribution in [1.82, 2.24) is 0 Å². The van der Waals surface area contributed by atoms with Gasteiger partial charge in [-0.15, -0.1) is 0 Å². The molecule has 110 valence electrons. The van der Waals surface area contributed by atoms with Crippen molar-refractivity contribution >= 4 is 39.9 Å². The van der Waals surface area contributed by atoms with Gasteiger partial charge in [-0.25, -0.2) is 0 Å². The maximum atomic E-state index is 12.0. The molecule has 0 aromatic heterocycles. The number of hydrogen-bond donors (Lipinski definition) is 2. The largest absolute Gasteiger partial charge is 0.495 e. The van der Waals surface area contributed by atoms with Crippen molar-refractivity contribution < 1.29 is 9.53 Å². The van der Waals surface area contributed by atoms with Gasteiger partial charge in [0, 0.05) is 9.26 Å². The quantitative estimate of drug-likeness (QED) is 0.759. The number of amides is 1. The van der Waals surface area contributed by atoms with Crippen LogP contribution in [0.4, 0.5) is 11.4 Å². The van der Waals surface area contributed by atoms with Crippen molar-refractivity contribution in [3.8, 4) is 5.75 Å². The number of para-hydroxylation sites is 2. The maximum Gasteiger partial charge on any atom is 0.243 e. The summed E-state index contributed by atoms with van der Waals surface area (Å²) >= 11 is 2.25. The van der Waals surface area contributed by atoms with Crippen LogP contribution < -0.4 is 15.4 Å². The third-order valence-electron chi connectivity index (χ3n) is 3.01. The van der Waals surface area contributed by atoms with Crippen molar-refractivity contribution in [2.24, 2.45) is 0 Å². The predicted molar refractivity (Wildman–Crippen MR) is 94.0 cm³/mol. The minimum absolute atomic E-state index is 0.0924. The summed E-state index contributed by atoms with van der Waals surface area (Å²) in [6.07, 6.45) is 0. The van der Waals surface area contributed by atoms with E-state index in [-0.39, 0.29) is 12.5 Å². The second kappa shape index (κ2) is 7.31. The fourth-order valence-corrected chi connectivity index (χ4v) is 2.57. The van der Waals surface area contributed by atoms with Crippen LogP contribution in [-0.4, -0.2) is 19.6 Å². The Balaban J connectivity index is 1.96. The number of ether oxygens (including phenoxy) is 1. The zero-order chi connectivity index (χ0) is 15.2. The van der Waals surface area contributed by atoms with Gasteiger partial charge in [0.1, 0.15) is 5.75 Å². The smallest absolute Gasteiger partial charge is 0.243 e. The highest BCUT2D eigenvalue weighted by Crippen LogP contribution is 2.23. The fraction of sp³-hybridized carbons (Fsp3) is 0.188. The summed E-state index contributed by atoms with van der Waals surface area (Å²) in [6, 6.07) is 13.4. The number of rotatable bonds is 5. The molecule has 0 saturated heterocycles. The van der Waals surface area contributed by atoms with E-state index in [1.807, 2.05) is 49.4 Å². The molecule has 21 heavy (non-hydrogen) atoms. The first-order valence-corrected chi connectivity index (χ1v) is 7.61. The Labute approximate surface area is 138 Å². The summed E-state index contributed by atoms with van der Waals surface area (Å²) in [4.78, 5) is 12.0. The molecule has 2 aromatic carbocycles. The zero-order valence-corrected chi connectivity index (χ0v) is 14.1. The van der Waals surface area contributed by atoms with Gasteiger partial charge in [0.25, 0.3) is 0 Å². The van der Waals surface area contributed by atoms with Gasteiger partial charge in [0.2, 0.25) is 5.91 Å². The third-order valence-corrected chi connectivity index (χ3v) is 3.68. The Bertz CT molecular complexity index is 644. The normalized spacial score (nSPS) is 10.0. The Hall–Kier alpha value is -1.76. The van der Waals surface area contributed by atoms with Crippen molar-refractivity contribution in [3.05, 3.63) is 51.6 Å². The number of halogens is 1. The highest BCUT2D eigenvalue weighted by molar-refractivity contribution is 14.1. The molecule has 2 N–H and O–H groups in total. The van der Waals surface area contributed by atoms with E-state index in [4.69, 9.17) is 4.74 Å². The Morgan fingerprint density at radius 2 is 1.95 bits per heavy atom. The van der Waals surface area contributed by atoms with Crippen LogP contribution in [0.3, 0.4) is 0 Å². The first-order chi connectivity index (χ1) is 10.1. The number of carbonyl (C=O) groups excluding carboxylic acids is 1. The average molecular weight is 396 g/mol. The molecule has 0 saturated carbocycles. The lowest BCUT2D eigenvalue weighted by molar-refractivity contribution is -0.114. The highest BCUT2D eigenvalue weighted by Gasteiger charge is 2.07. The predicted octanol–water partition coefficient (Wildman–Crippen LogP) is 3.66. The maximum absolute atomic E-state index is 12.0. The van der Waals surface area contributed by atoms with Crippen LogP contribution in [0.5, 0.6) is 5.75 Å². The molecule has 4 nitrogen and oxygen atoms in total. The topological polar surface area (TPSA) is 50.4 Å². The molecule has 1 amide bonds. The molecular formula is C16H17IN2O2. The zero-order valence-electron chi connectivity index (χ0n) is 11.9. The summed E-state index contributed by atoms with van der Waals surface area (Å²) in [5.41, 5.74) is 2.68. The molecule has 2 aromatic rings. The fourth-order valence-electron chi connectivity index (χ4n) is 1.93. The van der Waals surface area contributed by atoms with Gasteiger partial charge in [-0.2, -0.15) is 0 Å². The molecule has 0 radical (unpaired) electrons. The van der Waals surface area contributed by atoms with Crippen LogP contribution in [0.2, 0.25) is 0 Å².